The topological polar surface area (TPSA) is 512 Å². The number of nitrogens with zero attached hydrogens (tertiary/aromatic N) is 6. The van der Waals surface area contributed by atoms with Gasteiger partial charge in [-0.05, 0) is 253 Å². The number of anilines is 6. The first kappa shape index (κ1) is 119. The van der Waals surface area contributed by atoms with Crippen LogP contribution in [0.3, 0.4) is 0 Å². The minimum Gasteiger partial charge on any atom is -0.508 e. The van der Waals surface area contributed by atoms with Crippen LogP contribution in [0.5, 0.6) is 74.7 Å². The van der Waals surface area contributed by atoms with Crippen molar-refractivity contribution in [1.82, 2.24) is 0 Å². The summed E-state index contributed by atoms with van der Waals surface area (Å²) in [5.74, 6) is 0.0173. The fourth-order valence-electron chi connectivity index (χ4n) is 14.6. The highest BCUT2D eigenvalue weighted by molar-refractivity contribution is 6.08. The summed E-state index contributed by atoms with van der Waals surface area (Å²) in [6.45, 7) is 29.2. The molecule has 12 aromatic carbocycles. The SMILES string of the molecule is CC(=NCC(=O)CNc1ccccc1)c1ccc(O)c(C)c1O.CCC(=NCC(=O)C(C)Nc1ccccc1)c1ccc(O)c(C)c1O.CCC(=NCC(=O)C(CC)Nc1ccccc1)c1ccc(O)c(C)c1O.CCC(=NCC(=O)CNc1ccc(C)cc1)c1ccc(O)c(C)c1O.CCC(=NCC(=O)CNc1cccc(O)c1)c1ccc(O)c(C)c1O.CCC(Nc1ccccc1)C(=O)CN=C(C)c1ccc(O)c(C)c1O. The maximum atomic E-state index is 12.6. The average molecular weight is 2030 g/mol. The van der Waals surface area contributed by atoms with E-state index in [-0.39, 0.29) is 186 Å². The largest absolute Gasteiger partial charge is 0.508 e. The molecule has 31 nitrogen and oxygen atoms in total. The molecule has 3 atom stereocenters. The Kier molecular flexibility index (Phi) is 48.3. The number of rotatable bonds is 42. The van der Waals surface area contributed by atoms with Gasteiger partial charge < -0.3 is 98.3 Å². The molecule has 0 saturated carbocycles. The van der Waals surface area contributed by atoms with Crippen LogP contribution < -0.4 is 31.9 Å². The van der Waals surface area contributed by atoms with Crippen LogP contribution in [0, 0.1) is 48.5 Å². The van der Waals surface area contributed by atoms with Crippen LogP contribution in [0.2, 0.25) is 0 Å². The van der Waals surface area contributed by atoms with Crippen LogP contribution >= 0.6 is 0 Å². The molecule has 0 spiro atoms. The summed E-state index contributed by atoms with van der Waals surface area (Å²) in [6.07, 6.45) is 3.60. The number of Topliss-reactive ketones (excluding diaryl/α,β-unsaturated/α-hetero) is 6. The predicted octanol–water partition coefficient (Wildman–Crippen LogP) is 20.9. The smallest absolute Gasteiger partial charge is 0.176 e. The molecule has 0 aliphatic carbocycles. The van der Waals surface area contributed by atoms with E-state index in [1.165, 1.54) is 42.5 Å². The Labute approximate surface area is 871 Å². The third-order valence-electron chi connectivity index (χ3n) is 24.1. The van der Waals surface area contributed by atoms with Gasteiger partial charge in [0.05, 0.1) is 70.5 Å². The number of benzene rings is 12. The maximum absolute atomic E-state index is 12.6. The third-order valence-corrected chi connectivity index (χ3v) is 24.1. The first-order chi connectivity index (χ1) is 71.2. The molecular weight excluding hydrogens is 1890 g/mol. The van der Waals surface area contributed by atoms with Gasteiger partial charge in [0.1, 0.15) is 81.3 Å². The number of hydrogen-bond donors (Lipinski definition) is 19. The van der Waals surface area contributed by atoms with E-state index in [0.717, 1.165) is 34.0 Å². The predicted molar refractivity (Wildman–Crippen MR) is 597 cm³/mol. The van der Waals surface area contributed by atoms with Crippen LogP contribution in [0.25, 0.3) is 0 Å². The molecule has 0 aromatic heterocycles. The van der Waals surface area contributed by atoms with E-state index >= 15 is 0 Å². The minimum atomic E-state index is -0.362. The van der Waals surface area contributed by atoms with Gasteiger partial charge in [-0.25, -0.2) is 0 Å². The molecule has 0 heterocycles. The van der Waals surface area contributed by atoms with Gasteiger partial charge >= 0.3 is 0 Å². The Morgan fingerprint density at radius 3 is 0.819 bits per heavy atom. The molecule has 12 rings (SSSR count). The van der Waals surface area contributed by atoms with E-state index < -0.39 is 0 Å². The zero-order valence-corrected chi connectivity index (χ0v) is 87.4. The number of phenolic OH excluding ortho intramolecular Hbond substituents is 13. The molecule has 0 bridgehead atoms. The molecular formula is C118H140N12O19. The molecule has 0 aliphatic heterocycles. The Bertz CT molecular complexity index is 6690. The normalized spacial score (nSPS) is 12.0. The fourth-order valence-corrected chi connectivity index (χ4v) is 14.6. The number of phenols is 13. The summed E-state index contributed by atoms with van der Waals surface area (Å²) in [6, 6.07) is 70.3. The molecule has 0 radical (unpaired) electrons. The molecule has 0 amide bonds. The van der Waals surface area contributed by atoms with E-state index in [1.54, 1.807) is 117 Å². The lowest BCUT2D eigenvalue weighted by Gasteiger charge is -2.16. The van der Waals surface area contributed by atoms with E-state index in [2.05, 4.69) is 61.9 Å². The van der Waals surface area contributed by atoms with Gasteiger partial charge in [0, 0.05) is 141 Å². The Morgan fingerprint density at radius 2 is 0.510 bits per heavy atom. The molecule has 0 aliphatic rings. The van der Waals surface area contributed by atoms with E-state index in [9.17, 15) is 95.2 Å². The number of nitrogens with one attached hydrogen (secondary N) is 6. The third kappa shape index (κ3) is 37.2. The lowest BCUT2D eigenvalue weighted by molar-refractivity contribution is -0.119. The highest BCUT2D eigenvalue weighted by Crippen LogP contribution is 2.37. The van der Waals surface area contributed by atoms with Crippen LogP contribution in [-0.2, 0) is 28.8 Å². The second-order valence-electron chi connectivity index (χ2n) is 34.9. The molecule has 786 valence electrons. The van der Waals surface area contributed by atoms with Crippen molar-refractivity contribution in [3.8, 4) is 74.7 Å². The van der Waals surface area contributed by atoms with Crippen molar-refractivity contribution in [3.63, 3.8) is 0 Å². The zero-order chi connectivity index (χ0) is 110. The van der Waals surface area contributed by atoms with Crippen LogP contribution in [0.4, 0.5) is 34.1 Å². The Hall–Kier alpha value is -17.1. The quantitative estimate of drug-likeness (QED) is 0.0158. The monoisotopic (exact) mass is 2030 g/mol. The summed E-state index contributed by atoms with van der Waals surface area (Å²) in [7, 11) is 0. The molecule has 3 unspecified atom stereocenters. The van der Waals surface area contributed by atoms with Gasteiger partial charge in [-0.2, -0.15) is 0 Å². The van der Waals surface area contributed by atoms with Crippen LogP contribution in [0.15, 0.2) is 273 Å². The fraction of sp³-hybridized carbons (Fsp3) is 0.288. The average Bonchev–Trinajstić information content (AvgIpc) is 0.808. The Morgan fingerprint density at radius 1 is 0.262 bits per heavy atom. The lowest BCUT2D eigenvalue weighted by atomic mass is 10.0. The Balaban J connectivity index is 0.000000242. The molecule has 0 saturated heterocycles. The summed E-state index contributed by atoms with van der Waals surface area (Å²) in [4.78, 5) is 99.4. The molecule has 19 N–H and O–H groups in total. The van der Waals surface area contributed by atoms with Gasteiger partial charge in [0.25, 0.3) is 0 Å². The summed E-state index contributed by atoms with van der Waals surface area (Å²) in [5, 5.41) is 147. The number of hydrogen-bond acceptors (Lipinski definition) is 31. The van der Waals surface area contributed by atoms with Crippen molar-refractivity contribution in [2.45, 2.75) is 167 Å². The van der Waals surface area contributed by atoms with Gasteiger partial charge in [-0.3, -0.25) is 58.7 Å². The molecule has 0 fully saturated rings. The second kappa shape index (κ2) is 60.6. The van der Waals surface area contributed by atoms with Crippen molar-refractivity contribution in [1.29, 1.82) is 0 Å². The number of carbonyl (C=O) groups is 6. The lowest BCUT2D eigenvalue weighted by Crippen LogP contribution is -2.31. The molecule has 31 heteroatoms. The number of aromatic hydroxyl groups is 13. The first-order valence-electron chi connectivity index (χ1n) is 49.1. The van der Waals surface area contributed by atoms with Crippen molar-refractivity contribution >= 4 is 103 Å². The number of aryl methyl sites for hydroxylation is 1. The number of aliphatic imine (C=N–C) groups is 6. The minimum absolute atomic E-state index is 0.00251. The number of para-hydroxylation sites is 4. The van der Waals surface area contributed by atoms with Gasteiger partial charge in [-0.15, -0.1) is 0 Å². The summed E-state index contributed by atoms with van der Waals surface area (Å²) >= 11 is 0. The zero-order valence-electron chi connectivity index (χ0n) is 87.4. The molecule has 149 heavy (non-hydrogen) atoms. The number of ketones is 6. The first-order valence-corrected chi connectivity index (χ1v) is 49.1. The standard InChI is InChI=1S/C21H26N2O3.3C20H24N2O3.C19H22N2O4.C18H20N2O3/c1-4-17(16-11-12-19(24)14(3)21(16)26)22-13-20(25)18(5-2)23-15-9-7-6-8-10-15;1-4-18(17-9-10-19(24)14(3)20(17)25)22-12-16(23)11-21-15-7-5-13(2)6-8-15;1-4-17(16-10-11-18(23)13(2)20(16)25)21-12-19(24)14(3)22-15-8-6-5-7-9-15;1-4-17(22-15-8-6-5-7-9-15)19(24)12-21-14(3)16-10-11-18(23)13(2)20(16)25;1-3-17(16-7-8-18(24)12(2)19(16)25)21-11-15(23)10-20-13-5-4-6-14(22)9-13;1-12-17(22)9-8-16(18(12)23)13(2)19-10-15(21)11-20-14-6-4-3-5-7-14/h6-12,18,23-24,26H,4-5,13H2,1-3H3;5-10,21,24-25H,4,11-12H2,1-3H3;5-11,14,22-23,25H,4,12H2,1-3H3;5-11,17,22-23,25H,4,12H2,1-3H3;4-9,20,22,24-25H,3,10-11H2,1-2H3;3-9,20,22-23H,10-11H2,1-2H3. The summed E-state index contributed by atoms with van der Waals surface area (Å²) < 4.78 is 0. The van der Waals surface area contributed by atoms with Gasteiger partial charge in [0.2, 0.25) is 0 Å². The van der Waals surface area contributed by atoms with Gasteiger partial charge in [-0.1, -0.05) is 138 Å². The van der Waals surface area contributed by atoms with E-state index in [4.69, 9.17) is 0 Å². The van der Waals surface area contributed by atoms with Crippen molar-refractivity contribution in [2.24, 2.45) is 30.0 Å². The van der Waals surface area contributed by atoms with Crippen molar-refractivity contribution in [2.75, 3.05) is 90.8 Å². The maximum Gasteiger partial charge on any atom is 0.176 e. The van der Waals surface area contributed by atoms with Crippen LogP contribution in [0.1, 0.15) is 173 Å². The van der Waals surface area contributed by atoms with E-state index in [0.29, 0.717) is 145 Å². The molecule has 12 aromatic rings. The number of carbonyl (C=O) groups excluding carboxylic acids is 6. The van der Waals surface area contributed by atoms with Crippen molar-refractivity contribution < 1.29 is 95.2 Å². The van der Waals surface area contributed by atoms with Crippen molar-refractivity contribution in [3.05, 3.63) is 315 Å². The van der Waals surface area contributed by atoms with Crippen LogP contribution in [-0.4, -0.2) is 212 Å². The van der Waals surface area contributed by atoms with Gasteiger partial charge in [0.15, 0.2) is 34.7 Å². The highest BCUT2D eigenvalue weighted by atomic mass is 16.3. The van der Waals surface area contributed by atoms with E-state index in [1.807, 2.05) is 194 Å². The second-order valence-corrected chi connectivity index (χ2v) is 34.9. The highest BCUT2D eigenvalue weighted by Gasteiger charge is 2.24. The summed E-state index contributed by atoms with van der Waals surface area (Å²) in [5.41, 5.74) is 15.5.